The number of hydrogen-bond donors (Lipinski definition) is 0. The van der Waals surface area contributed by atoms with Crippen molar-refractivity contribution < 1.29 is 20.7 Å². The third-order valence-electron chi connectivity index (χ3n) is 4.12. The van der Waals surface area contributed by atoms with E-state index in [0.29, 0.717) is 6.04 Å². The molecule has 105 valence electrons. The Hall–Kier alpha value is -0.626. The summed E-state index contributed by atoms with van der Waals surface area (Å²) in [6.07, 6.45) is 8.12. The van der Waals surface area contributed by atoms with Gasteiger partial charge in [0.1, 0.15) is 0 Å². The van der Waals surface area contributed by atoms with Crippen molar-refractivity contribution in [3.63, 3.8) is 0 Å². The van der Waals surface area contributed by atoms with E-state index in [1.165, 1.54) is 41.7 Å². The van der Waals surface area contributed by atoms with Gasteiger partial charge in [-0.2, -0.15) is 0 Å². The molecule has 2 rings (SSSR count). The molecule has 0 aromatic heterocycles. The number of unbranched alkanes of at least 4 members (excludes halogenated alkanes) is 1. The molecule has 0 fully saturated rings. The maximum atomic E-state index is 2.47. The molecule has 1 atom stereocenters. The van der Waals surface area contributed by atoms with Gasteiger partial charge in [0.05, 0.1) is 0 Å². The summed E-state index contributed by atoms with van der Waals surface area (Å²) >= 11 is 2.24. The Balaban J connectivity index is 2.26. The Morgan fingerprint density at radius 2 is 2.05 bits per heavy atom. The minimum absolute atomic E-state index is 0.471. The monoisotopic (exact) mass is 302 g/mol. The number of benzene rings is 1. The second-order valence-electron chi connectivity index (χ2n) is 5.58. The topological polar surface area (TPSA) is 3.24 Å². The summed E-state index contributed by atoms with van der Waals surface area (Å²) in [7, 11) is 0. The number of nitrogens with zero attached hydrogens (tertiary/aromatic N) is 1. The first kappa shape index (κ1) is 15.8. The molecule has 20 heavy (non-hydrogen) atoms. The van der Waals surface area contributed by atoms with Crippen molar-refractivity contribution >= 4 is 5.57 Å². The fraction of sp³-hybridized carbons (Fsp3) is 0.444. The maximum absolute atomic E-state index is 2.47. The van der Waals surface area contributed by atoms with Crippen molar-refractivity contribution in [3.8, 4) is 0 Å². The van der Waals surface area contributed by atoms with Crippen molar-refractivity contribution in [1.29, 1.82) is 0 Å². The molecule has 1 aromatic rings. The van der Waals surface area contributed by atoms with Gasteiger partial charge < -0.3 is 0 Å². The molecule has 0 N–H and O–H groups in total. The predicted molar refractivity (Wildman–Crippen MR) is 82.8 cm³/mol. The van der Waals surface area contributed by atoms with Crippen LogP contribution in [-0.4, -0.2) is 9.93 Å². The molecule has 0 saturated carbocycles. The molecule has 1 aliphatic rings. The second-order valence-corrected chi connectivity index (χ2v) is 6.48. The fourth-order valence-corrected chi connectivity index (χ4v) is 3.23. The van der Waals surface area contributed by atoms with E-state index >= 15 is 0 Å². The number of rotatable bonds is 6. The summed E-state index contributed by atoms with van der Waals surface area (Å²) in [5.74, 6) is 0. The normalized spacial score (nSPS) is 16.1. The van der Waals surface area contributed by atoms with Crippen LogP contribution in [0.5, 0.6) is 0 Å². The van der Waals surface area contributed by atoms with Gasteiger partial charge in [-0.1, -0.05) is 0 Å². The van der Waals surface area contributed by atoms with Crippen molar-refractivity contribution in [3.05, 3.63) is 53.1 Å². The molecule has 0 spiro atoms. The van der Waals surface area contributed by atoms with Crippen LogP contribution in [0, 0.1) is 0 Å². The molecule has 0 saturated heterocycles. The Kier molecular flexibility index (Phi) is 5.83. The van der Waals surface area contributed by atoms with Gasteiger partial charge >= 0.3 is 135 Å². The molecule has 1 aromatic carbocycles. The van der Waals surface area contributed by atoms with Crippen LogP contribution < -0.4 is 0 Å². The van der Waals surface area contributed by atoms with Crippen molar-refractivity contribution in [1.82, 2.24) is 3.38 Å². The van der Waals surface area contributed by atoms with Crippen molar-refractivity contribution in [2.45, 2.75) is 46.1 Å². The van der Waals surface area contributed by atoms with Gasteiger partial charge in [-0.25, -0.2) is 0 Å². The van der Waals surface area contributed by atoms with Gasteiger partial charge in [0.15, 0.2) is 0 Å². The van der Waals surface area contributed by atoms with Crippen LogP contribution in [0.1, 0.15) is 57.2 Å². The standard InChI is InChI=1S/C18H24N.Ti/c1-4-5-13-19-15(3)17-10-6-7-11-18(17)16-12-8-9-14(16)2;/h6-11,15H,4-5,12-13H2,1-3H3;/q-1;+1. The quantitative estimate of drug-likeness (QED) is 0.665. The molecule has 1 nitrogen and oxygen atoms in total. The fourth-order valence-electron chi connectivity index (χ4n) is 2.76. The minimum atomic E-state index is 0.471. The number of hydrogen-bond acceptors (Lipinski definition) is 1. The summed E-state index contributed by atoms with van der Waals surface area (Å²) in [6, 6.07) is 9.38. The molecule has 0 bridgehead atoms. The van der Waals surface area contributed by atoms with Crippen LogP contribution in [0.25, 0.3) is 5.57 Å². The van der Waals surface area contributed by atoms with Gasteiger partial charge in [0.2, 0.25) is 0 Å². The molecular formula is C18H24NTi. The van der Waals surface area contributed by atoms with Crippen LogP contribution in [0.3, 0.4) is 0 Å². The van der Waals surface area contributed by atoms with Gasteiger partial charge in [-0.3, -0.25) is 0 Å². The summed E-state index contributed by atoms with van der Waals surface area (Å²) in [4.78, 5) is 0. The summed E-state index contributed by atoms with van der Waals surface area (Å²) in [6.45, 7) is 7.97. The van der Waals surface area contributed by atoms with E-state index < -0.39 is 0 Å². The average molecular weight is 302 g/mol. The summed E-state index contributed by atoms with van der Waals surface area (Å²) in [5.41, 5.74) is 5.81. The van der Waals surface area contributed by atoms with Gasteiger partial charge in [0, 0.05) is 0 Å². The van der Waals surface area contributed by atoms with Crippen LogP contribution in [0.2, 0.25) is 0 Å². The van der Waals surface area contributed by atoms with E-state index in [1.807, 2.05) is 0 Å². The van der Waals surface area contributed by atoms with E-state index in [1.54, 1.807) is 0 Å². The first-order valence-electron chi connectivity index (χ1n) is 7.58. The van der Waals surface area contributed by atoms with E-state index in [0.717, 1.165) is 6.42 Å². The molecule has 0 radical (unpaired) electrons. The zero-order chi connectivity index (χ0) is 14.5. The Morgan fingerprint density at radius 1 is 1.30 bits per heavy atom. The zero-order valence-corrected chi connectivity index (χ0v) is 14.4. The zero-order valence-electron chi connectivity index (χ0n) is 12.8. The van der Waals surface area contributed by atoms with Crippen LogP contribution in [0.15, 0.2) is 42.0 Å². The van der Waals surface area contributed by atoms with E-state index in [4.69, 9.17) is 0 Å². The Morgan fingerprint density at radius 3 is 2.70 bits per heavy atom. The first-order valence-corrected chi connectivity index (χ1v) is 8.28. The molecular weight excluding hydrogens is 278 g/mol. The van der Waals surface area contributed by atoms with Crippen LogP contribution >= 0.6 is 0 Å². The Labute approximate surface area is 135 Å². The van der Waals surface area contributed by atoms with Crippen LogP contribution in [-0.2, 0) is 20.7 Å². The molecule has 0 heterocycles. The molecule has 1 unspecified atom stereocenters. The first-order chi connectivity index (χ1) is 9.65. The van der Waals surface area contributed by atoms with Crippen molar-refractivity contribution in [2.75, 3.05) is 6.54 Å². The van der Waals surface area contributed by atoms with E-state index in [2.05, 4.69) is 81.3 Å². The molecule has 2 heteroatoms. The van der Waals surface area contributed by atoms with E-state index in [-0.39, 0.29) is 0 Å². The van der Waals surface area contributed by atoms with Crippen molar-refractivity contribution in [2.24, 2.45) is 0 Å². The predicted octanol–water partition coefficient (Wildman–Crippen LogP) is 5.04. The van der Waals surface area contributed by atoms with Gasteiger partial charge in [0.25, 0.3) is 0 Å². The van der Waals surface area contributed by atoms with Gasteiger partial charge in [-0.05, 0) is 0 Å². The molecule has 0 aliphatic heterocycles. The Bertz CT molecular complexity index is 516. The van der Waals surface area contributed by atoms with E-state index in [9.17, 15) is 0 Å². The summed E-state index contributed by atoms with van der Waals surface area (Å²) < 4.78 is 2.47. The second kappa shape index (κ2) is 7.40. The van der Waals surface area contributed by atoms with Crippen LogP contribution in [0.4, 0.5) is 0 Å². The summed E-state index contributed by atoms with van der Waals surface area (Å²) in [5, 5.41) is 0. The average Bonchev–Trinajstić information content (AvgIpc) is 2.90. The molecule has 0 amide bonds. The SMILES string of the molecule is CCCC[N]([Ti])C(C)c1ccccc1C1=C(C)C=CC1. The number of allylic oxidation sites excluding steroid dienone is 4. The third kappa shape index (κ3) is 3.52. The third-order valence-corrected chi connectivity index (χ3v) is 5.08. The molecule has 1 aliphatic carbocycles. The van der Waals surface area contributed by atoms with Gasteiger partial charge in [-0.15, -0.1) is 0 Å².